The van der Waals surface area contributed by atoms with Crippen LogP contribution in [0.4, 0.5) is 11.4 Å². The molecule has 1 aromatic carbocycles. The highest BCUT2D eigenvalue weighted by molar-refractivity contribution is 6.39. The summed E-state index contributed by atoms with van der Waals surface area (Å²) in [5.41, 5.74) is 3.65. The van der Waals surface area contributed by atoms with Gasteiger partial charge in [0.1, 0.15) is 0 Å². The Bertz CT molecular complexity index is 799. The fraction of sp³-hybridized carbons (Fsp3) is 0.389. The summed E-state index contributed by atoms with van der Waals surface area (Å²) in [4.78, 5) is 26.5. The smallest absolute Gasteiger partial charge is 0.313 e. The lowest BCUT2D eigenvalue weighted by atomic mass is 10.1. The van der Waals surface area contributed by atoms with Crippen molar-refractivity contribution in [1.29, 1.82) is 0 Å². The SMILES string of the molecule is Cc1ccc(C)c(NC(=O)C(=O)N[C@@H]2CCN(c3cnn(C)c3)C2)c1. The average Bonchev–Trinajstić information content (AvgIpc) is 3.19. The van der Waals surface area contributed by atoms with E-state index < -0.39 is 11.8 Å². The number of anilines is 2. The van der Waals surface area contributed by atoms with Crippen molar-refractivity contribution in [2.24, 2.45) is 7.05 Å². The van der Waals surface area contributed by atoms with Crippen molar-refractivity contribution in [2.75, 3.05) is 23.3 Å². The van der Waals surface area contributed by atoms with Gasteiger partial charge >= 0.3 is 11.8 Å². The van der Waals surface area contributed by atoms with Crippen LogP contribution >= 0.6 is 0 Å². The van der Waals surface area contributed by atoms with Gasteiger partial charge in [0.2, 0.25) is 0 Å². The van der Waals surface area contributed by atoms with Crippen LogP contribution < -0.4 is 15.5 Å². The maximum Gasteiger partial charge on any atom is 0.313 e. The lowest BCUT2D eigenvalue weighted by Gasteiger charge is -2.17. The van der Waals surface area contributed by atoms with Gasteiger partial charge in [0.05, 0.1) is 11.9 Å². The van der Waals surface area contributed by atoms with Crippen LogP contribution in [-0.4, -0.2) is 40.7 Å². The molecule has 0 aliphatic carbocycles. The summed E-state index contributed by atoms with van der Waals surface area (Å²) in [6, 6.07) is 5.71. The molecule has 1 aliphatic rings. The second-order valence-corrected chi connectivity index (χ2v) is 6.55. The van der Waals surface area contributed by atoms with E-state index in [4.69, 9.17) is 0 Å². The quantitative estimate of drug-likeness (QED) is 0.827. The highest BCUT2D eigenvalue weighted by Gasteiger charge is 2.27. The van der Waals surface area contributed by atoms with Crippen molar-refractivity contribution < 1.29 is 9.59 Å². The van der Waals surface area contributed by atoms with Crippen LogP contribution in [-0.2, 0) is 16.6 Å². The second kappa shape index (κ2) is 6.96. The number of hydrogen-bond acceptors (Lipinski definition) is 4. The van der Waals surface area contributed by atoms with E-state index in [0.717, 1.165) is 29.8 Å². The van der Waals surface area contributed by atoms with Crippen molar-refractivity contribution in [3.63, 3.8) is 0 Å². The number of aromatic nitrogens is 2. The number of carbonyl (C=O) groups is 2. The molecule has 2 heterocycles. The maximum absolute atomic E-state index is 12.2. The molecule has 2 aromatic rings. The maximum atomic E-state index is 12.2. The van der Waals surface area contributed by atoms with Crippen molar-refractivity contribution in [1.82, 2.24) is 15.1 Å². The van der Waals surface area contributed by atoms with E-state index in [9.17, 15) is 9.59 Å². The lowest BCUT2D eigenvalue weighted by Crippen LogP contribution is -2.43. The number of nitrogens with zero attached hydrogens (tertiary/aromatic N) is 3. The molecule has 7 heteroatoms. The molecule has 3 rings (SSSR count). The standard InChI is InChI=1S/C18H23N5O2/c1-12-4-5-13(2)16(8-12)21-18(25)17(24)20-14-6-7-23(10-14)15-9-19-22(3)11-15/h4-5,8-9,11,14H,6-7,10H2,1-3H3,(H,20,24)(H,21,25)/t14-/m1/s1. The molecule has 132 valence electrons. The minimum Gasteiger partial charge on any atom is -0.367 e. The predicted molar refractivity (Wildman–Crippen MR) is 96.5 cm³/mol. The van der Waals surface area contributed by atoms with E-state index in [1.165, 1.54) is 0 Å². The van der Waals surface area contributed by atoms with Gasteiger partial charge in [-0.05, 0) is 37.5 Å². The number of nitrogens with one attached hydrogen (secondary N) is 2. The van der Waals surface area contributed by atoms with Gasteiger partial charge in [0.15, 0.2) is 0 Å². The Hall–Kier alpha value is -2.83. The summed E-state index contributed by atoms with van der Waals surface area (Å²) in [5, 5.41) is 9.67. The van der Waals surface area contributed by atoms with Crippen molar-refractivity contribution in [3.05, 3.63) is 41.7 Å². The Morgan fingerprint density at radius 1 is 1.24 bits per heavy atom. The van der Waals surface area contributed by atoms with Crippen LogP contribution in [0.15, 0.2) is 30.6 Å². The Labute approximate surface area is 147 Å². The van der Waals surface area contributed by atoms with E-state index >= 15 is 0 Å². The first-order chi connectivity index (χ1) is 11.9. The average molecular weight is 341 g/mol. The number of amides is 2. The van der Waals surface area contributed by atoms with Gasteiger partial charge < -0.3 is 15.5 Å². The fourth-order valence-electron chi connectivity index (χ4n) is 2.98. The largest absolute Gasteiger partial charge is 0.367 e. The molecule has 0 bridgehead atoms. The number of rotatable bonds is 3. The van der Waals surface area contributed by atoms with Crippen LogP contribution in [0.2, 0.25) is 0 Å². The molecule has 7 nitrogen and oxygen atoms in total. The zero-order valence-electron chi connectivity index (χ0n) is 14.7. The molecule has 0 spiro atoms. The van der Waals surface area contributed by atoms with Gasteiger partial charge in [-0.3, -0.25) is 14.3 Å². The van der Waals surface area contributed by atoms with Crippen LogP contribution in [0.1, 0.15) is 17.5 Å². The molecule has 0 unspecified atom stereocenters. The normalized spacial score (nSPS) is 16.8. The monoisotopic (exact) mass is 341 g/mol. The molecule has 25 heavy (non-hydrogen) atoms. The molecule has 1 aliphatic heterocycles. The Morgan fingerprint density at radius 2 is 2.04 bits per heavy atom. The van der Waals surface area contributed by atoms with E-state index in [1.54, 1.807) is 10.9 Å². The summed E-state index contributed by atoms with van der Waals surface area (Å²) >= 11 is 0. The second-order valence-electron chi connectivity index (χ2n) is 6.55. The molecule has 1 saturated heterocycles. The molecule has 2 N–H and O–H groups in total. The first-order valence-electron chi connectivity index (χ1n) is 8.35. The Balaban J connectivity index is 1.55. The number of benzene rings is 1. The molecule has 1 atom stereocenters. The summed E-state index contributed by atoms with van der Waals surface area (Å²) in [5.74, 6) is -1.23. The number of hydrogen-bond donors (Lipinski definition) is 2. The van der Waals surface area contributed by atoms with E-state index in [0.29, 0.717) is 12.2 Å². The van der Waals surface area contributed by atoms with Crippen LogP contribution in [0.3, 0.4) is 0 Å². The van der Waals surface area contributed by atoms with Crippen molar-refractivity contribution in [2.45, 2.75) is 26.3 Å². The Kier molecular flexibility index (Phi) is 4.74. The van der Waals surface area contributed by atoms with Crippen molar-refractivity contribution >= 4 is 23.2 Å². The van der Waals surface area contributed by atoms with Crippen LogP contribution in [0.25, 0.3) is 0 Å². The van der Waals surface area contributed by atoms with Gasteiger partial charge in [-0.2, -0.15) is 5.10 Å². The van der Waals surface area contributed by atoms with Gasteiger partial charge in [0, 0.05) is 38.1 Å². The molecule has 1 fully saturated rings. The number of carbonyl (C=O) groups excluding carboxylic acids is 2. The molecule has 0 radical (unpaired) electrons. The fourth-order valence-corrected chi connectivity index (χ4v) is 2.98. The summed E-state index contributed by atoms with van der Waals surface area (Å²) in [6.45, 7) is 5.35. The first kappa shape index (κ1) is 17.0. The van der Waals surface area contributed by atoms with Crippen LogP contribution in [0, 0.1) is 13.8 Å². The molecule has 1 aromatic heterocycles. The Morgan fingerprint density at radius 3 is 2.76 bits per heavy atom. The highest BCUT2D eigenvalue weighted by Crippen LogP contribution is 2.19. The third-order valence-electron chi connectivity index (χ3n) is 4.43. The zero-order valence-corrected chi connectivity index (χ0v) is 14.7. The molecular formula is C18H23N5O2. The summed E-state index contributed by atoms with van der Waals surface area (Å²) in [7, 11) is 1.87. The first-order valence-corrected chi connectivity index (χ1v) is 8.35. The van der Waals surface area contributed by atoms with E-state index in [2.05, 4.69) is 20.6 Å². The summed E-state index contributed by atoms with van der Waals surface area (Å²) < 4.78 is 1.75. The van der Waals surface area contributed by atoms with Gasteiger partial charge in [-0.1, -0.05) is 12.1 Å². The van der Waals surface area contributed by atoms with E-state index in [1.807, 2.05) is 45.3 Å². The zero-order chi connectivity index (χ0) is 18.0. The molecule has 2 amide bonds. The topological polar surface area (TPSA) is 79.3 Å². The third kappa shape index (κ3) is 3.99. The minimum absolute atomic E-state index is 0.0444. The third-order valence-corrected chi connectivity index (χ3v) is 4.43. The summed E-state index contributed by atoms with van der Waals surface area (Å²) in [6.07, 6.45) is 4.55. The molecular weight excluding hydrogens is 318 g/mol. The minimum atomic E-state index is -0.631. The molecule has 0 saturated carbocycles. The van der Waals surface area contributed by atoms with Gasteiger partial charge in [-0.15, -0.1) is 0 Å². The highest BCUT2D eigenvalue weighted by atomic mass is 16.2. The van der Waals surface area contributed by atoms with Gasteiger partial charge in [0.25, 0.3) is 0 Å². The van der Waals surface area contributed by atoms with E-state index in [-0.39, 0.29) is 6.04 Å². The van der Waals surface area contributed by atoms with Crippen molar-refractivity contribution in [3.8, 4) is 0 Å². The number of aryl methyl sites for hydroxylation is 3. The van der Waals surface area contributed by atoms with Crippen LogP contribution in [0.5, 0.6) is 0 Å². The lowest BCUT2D eigenvalue weighted by molar-refractivity contribution is -0.136. The van der Waals surface area contributed by atoms with Gasteiger partial charge in [-0.25, -0.2) is 0 Å². The predicted octanol–water partition coefficient (Wildman–Crippen LogP) is 1.37.